The fraction of sp³-hybridized carbons (Fsp3) is 0.385. The molecule has 0 bridgehead atoms. The topological polar surface area (TPSA) is 66.6 Å². The summed E-state index contributed by atoms with van der Waals surface area (Å²) in [4.78, 5) is 16.3. The molecule has 5 nitrogen and oxygen atoms in total. The van der Waals surface area contributed by atoms with Gasteiger partial charge in [-0.3, -0.25) is 4.79 Å². The SMILES string of the molecule is CSC[C@@H](CCO)NC(=O)c1ccn2ccnc2c1. The molecule has 0 aliphatic heterocycles. The van der Waals surface area contributed by atoms with Crippen molar-refractivity contribution < 1.29 is 9.90 Å². The van der Waals surface area contributed by atoms with Crippen molar-refractivity contribution in [2.75, 3.05) is 18.6 Å². The first-order valence-corrected chi connectivity index (χ1v) is 7.47. The number of hydrogen-bond acceptors (Lipinski definition) is 4. The number of thioether (sulfide) groups is 1. The molecule has 19 heavy (non-hydrogen) atoms. The van der Waals surface area contributed by atoms with Crippen LogP contribution in [0.5, 0.6) is 0 Å². The van der Waals surface area contributed by atoms with E-state index in [9.17, 15) is 4.79 Å². The highest BCUT2D eigenvalue weighted by Crippen LogP contribution is 2.07. The Hall–Kier alpha value is -1.53. The summed E-state index contributed by atoms with van der Waals surface area (Å²) in [6, 6.07) is 3.51. The number of hydrogen-bond donors (Lipinski definition) is 2. The van der Waals surface area contributed by atoms with Gasteiger partial charge in [0, 0.05) is 42.6 Å². The molecule has 0 spiro atoms. The Kier molecular flexibility index (Phi) is 4.81. The van der Waals surface area contributed by atoms with Gasteiger partial charge in [-0.2, -0.15) is 11.8 Å². The van der Waals surface area contributed by atoms with Gasteiger partial charge in [0.1, 0.15) is 5.65 Å². The normalized spacial score (nSPS) is 12.5. The number of carbonyl (C=O) groups excluding carboxylic acids is 1. The largest absolute Gasteiger partial charge is 0.396 e. The molecule has 0 aliphatic rings. The van der Waals surface area contributed by atoms with E-state index >= 15 is 0 Å². The van der Waals surface area contributed by atoms with Crippen LogP contribution in [0.2, 0.25) is 0 Å². The minimum absolute atomic E-state index is 0.0107. The highest BCUT2D eigenvalue weighted by atomic mass is 32.2. The molecule has 0 unspecified atom stereocenters. The van der Waals surface area contributed by atoms with Gasteiger partial charge < -0.3 is 14.8 Å². The van der Waals surface area contributed by atoms with E-state index in [1.807, 2.05) is 23.1 Å². The van der Waals surface area contributed by atoms with Crippen LogP contribution in [-0.2, 0) is 0 Å². The molecule has 1 amide bonds. The zero-order chi connectivity index (χ0) is 13.7. The van der Waals surface area contributed by atoms with Gasteiger partial charge in [0.15, 0.2) is 0 Å². The first-order chi connectivity index (χ1) is 9.24. The van der Waals surface area contributed by atoms with E-state index in [4.69, 9.17) is 5.11 Å². The van der Waals surface area contributed by atoms with Gasteiger partial charge >= 0.3 is 0 Å². The lowest BCUT2D eigenvalue weighted by molar-refractivity contribution is 0.0935. The molecule has 6 heteroatoms. The minimum Gasteiger partial charge on any atom is -0.396 e. The van der Waals surface area contributed by atoms with Gasteiger partial charge in [-0.15, -0.1) is 0 Å². The highest BCUT2D eigenvalue weighted by Gasteiger charge is 2.13. The number of fused-ring (bicyclic) bond motifs is 1. The van der Waals surface area contributed by atoms with Crippen LogP contribution in [0.1, 0.15) is 16.8 Å². The summed E-state index contributed by atoms with van der Waals surface area (Å²) in [5, 5.41) is 11.9. The zero-order valence-electron chi connectivity index (χ0n) is 10.7. The lowest BCUT2D eigenvalue weighted by Gasteiger charge is -2.16. The first kappa shape index (κ1) is 13.9. The minimum atomic E-state index is -0.127. The van der Waals surface area contributed by atoms with Crippen LogP contribution in [0, 0.1) is 0 Å². The van der Waals surface area contributed by atoms with Gasteiger partial charge in [0.25, 0.3) is 5.91 Å². The summed E-state index contributed by atoms with van der Waals surface area (Å²) in [6.45, 7) is 0.0742. The fourth-order valence-electron chi connectivity index (χ4n) is 1.87. The number of aromatic nitrogens is 2. The second-order valence-corrected chi connectivity index (χ2v) is 5.16. The predicted molar refractivity (Wildman–Crippen MR) is 76.5 cm³/mol. The molecule has 0 saturated carbocycles. The smallest absolute Gasteiger partial charge is 0.251 e. The third-order valence-electron chi connectivity index (χ3n) is 2.84. The van der Waals surface area contributed by atoms with E-state index in [1.54, 1.807) is 30.1 Å². The van der Waals surface area contributed by atoms with Crippen molar-refractivity contribution in [2.45, 2.75) is 12.5 Å². The molecule has 102 valence electrons. The predicted octanol–water partition coefficient (Wildman–Crippen LogP) is 1.18. The fourth-order valence-corrected chi connectivity index (χ4v) is 2.53. The number of nitrogens with zero attached hydrogens (tertiary/aromatic N) is 2. The quantitative estimate of drug-likeness (QED) is 0.833. The molecule has 0 saturated heterocycles. The summed E-state index contributed by atoms with van der Waals surface area (Å²) in [6.07, 6.45) is 7.89. The molecule has 2 aromatic rings. The van der Waals surface area contributed by atoms with Crippen molar-refractivity contribution in [1.29, 1.82) is 0 Å². The maximum Gasteiger partial charge on any atom is 0.251 e. The number of nitrogens with one attached hydrogen (secondary N) is 1. The Bertz CT molecular complexity index is 550. The van der Waals surface area contributed by atoms with Crippen molar-refractivity contribution >= 4 is 23.3 Å². The van der Waals surface area contributed by atoms with Gasteiger partial charge in [-0.25, -0.2) is 4.98 Å². The number of imidazole rings is 1. The third-order valence-corrected chi connectivity index (χ3v) is 3.58. The number of amides is 1. The number of aliphatic hydroxyl groups is 1. The van der Waals surface area contributed by atoms with Crippen LogP contribution in [0.3, 0.4) is 0 Å². The Morgan fingerprint density at radius 2 is 2.42 bits per heavy atom. The summed E-state index contributed by atoms with van der Waals surface area (Å²) < 4.78 is 1.85. The molecular weight excluding hydrogens is 262 g/mol. The van der Waals surface area contributed by atoms with Crippen LogP contribution in [0.15, 0.2) is 30.7 Å². The van der Waals surface area contributed by atoms with Crippen LogP contribution in [-0.4, -0.2) is 45.1 Å². The average molecular weight is 279 g/mol. The molecule has 1 atom stereocenters. The molecule has 0 aliphatic carbocycles. The van der Waals surface area contributed by atoms with E-state index in [1.165, 1.54) is 0 Å². The molecule has 0 radical (unpaired) electrons. The molecule has 2 aromatic heterocycles. The average Bonchev–Trinajstić information content (AvgIpc) is 2.86. The van der Waals surface area contributed by atoms with Crippen molar-refractivity contribution in [3.05, 3.63) is 36.3 Å². The monoisotopic (exact) mass is 279 g/mol. The van der Waals surface area contributed by atoms with Crippen LogP contribution >= 0.6 is 11.8 Å². The van der Waals surface area contributed by atoms with Crippen molar-refractivity contribution in [1.82, 2.24) is 14.7 Å². The van der Waals surface area contributed by atoms with Gasteiger partial charge in [-0.1, -0.05) is 0 Å². The summed E-state index contributed by atoms with van der Waals surface area (Å²) in [7, 11) is 0. The Morgan fingerprint density at radius 3 is 3.16 bits per heavy atom. The Labute approximate surface area is 116 Å². The van der Waals surface area contributed by atoms with Crippen LogP contribution in [0.25, 0.3) is 5.65 Å². The van der Waals surface area contributed by atoms with Crippen molar-refractivity contribution in [3.63, 3.8) is 0 Å². The van der Waals surface area contributed by atoms with E-state index < -0.39 is 0 Å². The maximum absolute atomic E-state index is 12.1. The molecular formula is C13H17N3O2S. The lowest BCUT2D eigenvalue weighted by Crippen LogP contribution is -2.37. The number of carbonyl (C=O) groups is 1. The standard InChI is InChI=1S/C13H17N3O2S/c1-19-9-11(3-7-17)15-13(18)10-2-5-16-6-4-14-12(16)8-10/h2,4-6,8,11,17H,3,7,9H2,1H3,(H,15,18)/t11-/m1/s1. The molecule has 2 heterocycles. The van der Waals surface area contributed by atoms with E-state index in [0.717, 1.165) is 11.4 Å². The number of pyridine rings is 1. The summed E-state index contributed by atoms with van der Waals surface area (Å²) >= 11 is 1.65. The lowest BCUT2D eigenvalue weighted by atomic mass is 10.2. The second-order valence-electron chi connectivity index (χ2n) is 4.25. The van der Waals surface area contributed by atoms with Crippen LogP contribution < -0.4 is 5.32 Å². The van der Waals surface area contributed by atoms with Crippen LogP contribution in [0.4, 0.5) is 0 Å². The van der Waals surface area contributed by atoms with Crippen molar-refractivity contribution in [2.24, 2.45) is 0 Å². The second kappa shape index (κ2) is 6.58. The van der Waals surface area contributed by atoms with E-state index in [-0.39, 0.29) is 18.6 Å². The van der Waals surface area contributed by atoms with Gasteiger partial charge in [-0.05, 0) is 24.8 Å². The van der Waals surface area contributed by atoms with Crippen molar-refractivity contribution in [3.8, 4) is 0 Å². The molecule has 2 rings (SSSR count). The van der Waals surface area contributed by atoms with Gasteiger partial charge in [0.05, 0.1) is 0 Å². The highest BCUT2D eigenvalue weighted by molar-refractivity contribution is 7.98. The number of aliphatic hydroxyl groups excluding tert-OH is 1. The maximum atomic E-state index is 12.1. The molecule has 0 fully saturated rings. The third kappa shape index (κ3) is 3.48. The number of rotatable bonds is 6. The Morgan fingerprint density at radius 1 is 1.58 bits per heavy atom. The first-order valence-electron chi connectivity index (χ1n) is 6.08. The summed E-state index contributed by atoms with van der Waals surface area (Å²) in [5.74, 6) is 0.663. The van der Waals surface area contributed by atoms with E-state index in [0.29, 0.717) is 12.0 Å². The summed E-state index contributed by atoms with van der Waals surface area (Å²) in [5.41, 5.74) is 1.33. The molecule has 2 N–H and O–H groups in total. The molecule has 0 aromatic carbocycles. The zero-order valence-corrected chi connectivity index (χ0v) is 11.6. The Balaban J connectivity index is 2.09. The van der Waals surface area contributed by atoms with E-state index in [2.05, 4.69) is 10.3 Å². The van der Waals surface area contributed by atoms with Gasteiger partial charge in [0.2, 0.25) is 0 Å².